The second-order valence-corrected chi connectivity index (χ2v) is 22.8. The van der Waals surface area contributed by atoms with Gasteiger partial charge in [0.1, 0.15) is 0 Å². The molecule has 6 aromatic rings. The second kappa shape index (κ2) is 21.1. The minimum Gasteiger partial charge on any atom is -0.393 e. The molecule has 2 aliphatic heterocycles. The van der Waals surface area contributed by atoms with Gasteiger partial charge in [-0.25, -0.2) is 16.8 Å². The summed E-state index contributed by atoms with van der Waals surface area (Å²) in [5.74, 6) is 0.860. The van der Waals surface area contributed by atoms with Crippen LogP contribution in [-0.2, 0) is 26.4 Å². The lowest BCUT2D eigenvalue weighted by Gasteiger charge is -2.37. The lowest BCUT2D eigenvalue weighted by Crippen LogP contribution is -2.46. The van der Waals surface area contributed by atoms with Crippen molar-refractivity contribution in [3.8, 4) is 22.4 Å². The van der Waals surface area contributed by atoms with Gasteiger partial charge in [0.25, 0.3) is 10.0 Å². The molecule has 0 amide bonds. The van der Waals surface area contributed by atoms with E-state index in [0.717, 1.165) is 110 Å². The third-order valence-electron chi connectivity index (χ3n) is 12.9. The van der Waals surface area contributed by atoms with Crippen molar-refractivity contribution in [2.75, 3.05) is 77.7 Å². The van der Waals surface area contributed by atoms with E-state index < -0.39 is 19.9 Å². The Morgan fingerprint density at radius 1 is 0.761 bits per heavy atom. The number of nitrogens with zero attached hydrogens (tertiary/aromatic N) is 4. The highest BCUT2D eigenvalue weighted by molar-refractivity contribution is 7.99. The average Bonchev–Trinajstić information content (AvgIpc) is 3.64. The molecule has 2 aliphatic rings. The highest BCUT2D eigenvalue weighted by atomic mass is 35.5. The molecule has 5 aromatic carbocycles. The number of benzene rings is 5. The molecule has 1 aromatic heterocycles. The van der Waals surface area contributed by atoms with E-state index in [4.69, 9.17) is 11.6 Å². The summed E-state index contributed by atoms with van der Waals surface area (Å²) in [4.78, 5) is 8.79. The number of hydrogen-bond acceptors (Lipinski definition) is 10. The van der Waals surface area contributed by atoms with Crippen molar-refractivity contribution in [3.05, 3.63) is 138 Å². The molecule has 2 saturated heterocycles. The number of aromatic nitrogens is 1. The van der Waals surface area contributed by atoms with Crippen LogP contribution in [0.3, 0.4) is 0 Å². The Kier molecular flexibility index (Phi) is 15.3. The van der Waals surface area contributed by atoms with Gasteiger partial charge in [-0.1, -0.05) is 54.1 Å². The van der Waals surface area contributed by atoms with Gasteiger partial charge in [-0.2, -0.15) is 0 Å². The number of piperazine rings is 1. The zero-order chi connectivity index (χ0) is 47.3. The Hall–Kier alpha value is -4.96. The lowest BCUT2D eigenvalue weighted by molar-refractivity contribution is 0.0817. The molecule has 67 heavy (non-hydrogen) atoms. The van der Waals surface area contributed by atoms with Crippen LogP contribution in [0.5, 0.6) is 0 Å². The first-order chi connectivity index (χ1) is 32.2. The molecule has 0 radical (unpaired) electrons. The molecule has 354 valence electrons. The van der Waals surface area contributed by atoms with E-state index in [1.165, 1.54) is 11.2 Å². The van der Waals surface area contributed by atoms with E-state index >= 15 is 0 Å². The van der Waals surface area contributed by atoms with Crippen LogP contribution in [-0.4, -0.2) is 101 Å². The number of thioether (sulfide) groups is 1. The van der Waals surface area contributed by atoms with Crippen molar-refractivity contribution in [1.82, 2.24) is 9.47 Å². The maximum absolute atomic E-state index is 13.7. The molecule has 11 nitrogen and oxygen atoms in total. The topological polar surface area (TPSA) is 127 Å². The number of halogens is 1. The van der Waals surface area contributed by atoms with Gasteiger partial charge in [-0.3, -0.25) is 4.72 Å². The van der Waals surface area contributed by atoms with Gasteiger partial charge in [0.05, 0.1) is 21.6 Å². The number of aryl methyl sites for hydroxylation is 1. The van der Waals surface area contributed by atoms with Gasteiger partial charge in [-0.15, -0.1) is 11.8 Å². The molecule has 0 bridgehead atoms. The second-order valence-electron chi connectivity index (χ2n) is 17.6. The van der Waals surface area contributed by atoms with Crippen LogP contribution in [0.4, 0.5) is 22.7 Å². The number of rotatable bonds is 17. The number of likely N-dealkylation sites (tertiary alicyclic amines) is 1. The summed E-state index contributed by atoms with van der Waals surface area (Å²) in [5.41, 5.74) is 8.27. The quantitative estimate of drug-likeness (QED) is 0.0761. The Balaban J connectivity index is 0.907. The minimum atomic E-state index is -3.86. The zero-order valence-corrected chi connectivity index (χ0v) is 41.9. The van der Waals surface area contributed by atoms with E-state index in [1.54, 1.807) is 12.1 Å². The molecule has 2 fully saturated rings. The largest absolute Gasteiger partial charge is 0.393 e. The van der Waals surface area contributed by atoms with E-state index in [-0.39, 0.29) is 17.0 Å². The fourth-order valence-corrected chi connectivity index (χ4v) is 12.8. The summed E-state index contributed by atoms with van der Waals surface area (Å²) in [7, 11) is -7.44. The van der Waals surface area contributed by atoms with Gasteiger partial charge in [0.15, 0.2) is 9.84 Å². The molecule has 0 aliphatic carbocycles. The van der Waals surface area contributed by atoms with Crippen LogP contribution in [0.25, 0.3) is 22.4 Å². The Labute approximate surface area is 406 Å². The number of sulfone groups is 1. The first kappa shape index (κ1) is 48.5. The standard InChI is InChI=1S/C52H61ClN6O5S3/c1-5-59-38(3)52(66(4,61)62)50(51(59)39-14-16-41(53)17-15-39)40-10-9-11-45(35-40)58-32-30-57(31-33-58)44-20-18-42(19-21-44)55-67(63,64)48-22-23-49(37(2)34-48)54-43(36-65-47-12-7-6-8-13-47)24-27-56-28-25-46(60)26-29-56/h6-23,34-35,43,46,54-55,60H,5,24-33,36H2,1-4H3/t43-/m1/s1. The summed E-state index contributed by atoms with van der Waals surface area (Å²) >= 11 is 8.07. The monoisotopic (exact) mass is 980 g/mol. The Morgan fingerprint density at radius 3 is 2.07 bits per heavy atom. The predicted octanol–water partition coefficient (Wildman–Crippen LogP) is 10.1. The Bertz CT molecular complexity index is 2860. The third-order valence-corrected chi connectivity index (χ3v) is 17.0. The molecule has 15 heteroatoms. The first-order valence-corrected chi connectivity index (χ1v) is 27.8. The summed E-state index contributed by atoms with van der Waals surface area (Å²) < 4.78 is 59.1. The number of nitrogens with one attached hydrogen (secondary N) is 2. The normalized spacial score (nSPS) is 15.7. The molecule has 8 rings (SSSR count). The van der Waals surface area contributed by atoms with E-state index in [0.29, 0.717) is 33.4 Å². The van der Waals surface area contributed by atoms with Crippen LogP contribution in [0.15, 0.2) is 136 Å². The SMILES string of the molecule is CCn1c(C)c(S(C)(=O)=O)c(-c2cccc(N3CCN(c4ccc(NS(=O)(=O)c5ccc(N[C@H](CCN6CCC(O)CC6)CSc6ccccc6)c(C)c5)cc4)CC3)c2)c1-c1ccc(Cl)cc1. The minimum absolute atomic E-state index is 0.157. The number of sulfonamides is 1. The number of aliphatic hydroxyl groups is 1. The van der Waals surface area contributed by atoms with E-state index in [1.807, 2.05) is 117 Å². The molecule has 0 unspecified atom stereocenters. The average molecular weight is 982 g/mol. The molecule has 3 N–H and O–H groups in total. The van der Waals surface area contributed by atoms with Crippen molar-refractivity contribution in [3.63, 3.8) is 0 Å². The highest BCUT2D eigenvalue weighted by Crippen LogP contribution is 2.43. The van der Waals surface area contributed by atoms with Crippen LogP contribution >= 0.6 is 23.4 Å². The van der Waals surface area contributed by atoms with Gasteiger partial charge in [0.2, 0.25) is 0 Å². The highest BCUT2D eigenvalue weighted by Gasteiger charge is 2.29. The van der Waals surface area contributed by atoms with Crippen LogP contribution in [0.1, 0.15) is 37.4 Å². The number of hydrogen-bond donors (Lipinski definition) is 3. The van der Waals surface area contributed by atoms with Crippen molar-refractivity contribution in [2.24, 2.45) is 0 Å². The maximum atomic E-state index is 13.7. The maximum Gasteiger partial charge on any atom is 0.261 e. The van der Waals surface area contributed by atoms with Gasteiger partial charge < -0.3 is 29.7 Å². The van der Waals surface area contributed by atoms with Crippen molar-refractivity contribution in [2.45, 2.75) is 73.4 Å². The zero-order valence-electron chi connectivity index (χ0n) is 38.7. The Morgan fingerprint density at radius 2 is 1.43 bits per heavy atom. The van der Waals surface area contributed by atoms with Gasteiger partial charge in [-0.05, 0) is 136 Å². The van der Waals surface area contributed by atoms with Crippen LogP contribution < -0.4 is 19.8 Å². The van der Waals surface area contributed by atoms with Crippen LogP contribution in [0.2, 0.25) is 5.02 Å². The fourth-order valence-electron chi connectivity index (χ4n) is 9.35. The summed E-state index contributed by atoms with van der Waals surface area (Å²) in [6.07, 6.45) is 3.62. The number of anilines is 4. The van der Waals surface area contributed by atoms with Gasteiger partial charge in [0, 0.05) is 114 Å². The predicted molar refractivity (Wildman–Crippen MR) is 278 cm³/mol. The fraction of sp³-hybridized carbons (Fsp3) is 0.346. The van der Waals surface area contributed by atoms with Gasteiger partial charge >= 0.3 is 0 Å². The van der Waals surface area contributed by atoms with Crippen molar-refractivity contribution >= 4 is 66.0 Å². The summed E-state index contributed by atoms with van der Waals surface area (Å²) in [6, 6.07) is 39.0. The molecule has 1 atom stereocenters. The van der Waals surface area contributed by atoms with Crippen molar-refractivity contribution in [1.29, 1.82) is 0 Å². The molecule has 3 heterocycles. The number of piperidine rings is 1. The summed E-state index contributed by atoms with van der Waals surface area (Å²) in [6.45, 7) is 12.2. The molecular formula is C52H61ClN6O5S3. The van der Waals surface area contributed by atoms with Crippen molar-refractivity contribution < 1.29 is 21.9 Å². The van der Waals surface area contributed by atoms with Crippen LogP contribution in [0, 0.1) is 13.8 Å². The molecule has 0 spiro atoms. The summed E-state index contributed by atoms with van der Waals surface area (Å²) in [5, 5.41) is 14.3. The number of aliphatic hydroxyl groups excluding tert-OH is 1. The smallest absolute Gasteiger partial charge is 0.261 e. The molecule has 0 saturated carbocycles. The van der Waals surface area contributed by atoms with E-state index in [2.05, 4.69) is 53.6 Å². The molecular weight excluding hydrogens is 920 g/mol. The third kappa shape index (κ3) is 11.7. The lowest BCUT2D eigenvalue weighted by atomic mass is 10.00. The first-order valence-electron chi connectivity index (χ1n) is 23.0. The van der Waals surface area contributed by atoms with E-state index in [9.17, 15) is 21.9 Å².